The molecule has 0 unspecified atom stereocenters. The third kappa shape index (κ3) is 4.66. The molecule has 0 spiro atoms. The van der Waals surface area contributed by atoms with Gasteiger partial charge in [0.15, 0.2) is 0 Å². The predicted molar refractivity (Wildman–Crippen MR) is 91.6 cm³/mol. The van der Waals surface area contributed by atoms with E-state index in [-0.39, 0.29) is 5.91 Å². The lowest BCUT2D eigenvalue weighted by Gasteiger charge is -2.17. The van der Waals surface area contributed by atoms with Crippen molar-refractivity contribution in [3.05, 3.63) is 56.2 Å². The molecule has 0 N–H and O–H groups in total. The van der Waals surface area contributed by atoms with Gasteiger partial charge in [0.05, 0.1) is 3.79 Å². The minimum atomic E-state index is 0.0428. The number of amides is 1. The van der Waals surface area contributed by atoms with Crippen LogP contribution in [0.25, 0.3) is 0 Å². The Morgan fingerprint density at radius 2 is 1.86 bits per heavy atom. The second kappa shape index (κ2) is 7.20. The number of nitrogens with zero attached hydrogens (tertiary/aromatic N) is 2. The van der Waals surface area contributed by atoms with Crippen molar-refractivity contribution < 1.29 is 4.79 Å². The lowest BCUT2D eigenvalue weighted by atomic mass is 10.1. The Hall–Kier alpha value is -1.17. The van der Waals surface area contributed by atoms with Gasteiger partial charge in [-0.15, -0.1) is 11.3 Å². The van der Waals surface area contributed by atoms with Crippen LogP contribution in [0.2, 0.25) is 0 Å². The Labute approximate surface area is 138 Å². The van der Waals surface area contributed by atoms with Crippen molar-refractivity contribution in [3.63, 3.8) is 0 Å². The standard InChI is InChI=1S/C16H19BrN2OS/c1-18(2)16(20)14-6-4-5-12(7-14)9-19(3)10-13-8-15(17)21-11-13/h4-8,11H,9-10H2,1-3H3. The summed E-state index contributed by atoms with van der Waals surface area (Å²) < 4.78 is 1.16. The molecular formula is C16H19BrN2OS. The summed E-state index contributed by atoms with van der Waals surface area (Å²) in [6.45, 7) is 1.72. The van der Waals surface area contributed by atoms with E-state index in [1.807, 2.05) is 18.2 Å². The molecule has 0 atom stereocenters. The van der Waals surface area contributed by atoms with Crippen LogP contribution in [0.4, 0.5) is 0 Å². The molecule has 112 valence electrons. The SMILES string of the molecule is CN(Cc1cccc(C(=O)N(C)C)c1)Cc1csc(Br)c1. The summed E-state index contributed by atoms with van der Waals surface area (Å²) in [6.07, 6.45) is 0. The van der Waals surface area contributed by atoms with E-state index in [2.05, 4.69) is 45.4 Å². The van der Waals surface area contributed by atoms with Gasteiger partial charge in [-0.05, 0) is 57.7 Å². The fraction of sp³-hybridized carbons (Fsp3) is 0.312. The summed E-state index contributed by atoms with van der Waals surface area (Å²) in [5.41, 5.74) is 3.19. The highest BCUT2D eigenvalue weighted by Gasteiger charge is 2.09. The number of carbonyl (C=O) groups excluding carboxylic acids is 1. The molecule has 1 aromatic heterocycles. The maximum absolute atomic E-state index is 12.0. The summed E-state index contributed by atoms with van der Waals surface area (Å²) in [6, 6.07) is 9.99. The molecule has 0 aliphatic rings. The molecule has 2 rings (SSSR count). The molecule has 1 heterocycles. The summed E-state index contributed by atoms with van der Waals surface area (Å²) >= 11 is 5.19. The summed E-state index contributed by atoms with van der Waals surface area (Å²) in [5.74, 6) is 0.0428. The highest BCUT2D eigenvalue weighted by atomic mass is 79.9. The lowest BCUT2D eigenvalue weighted by Crippen LogP contribution is -2.22. The van der Waals surface area contributed by atoms with Gasteiger partial charge in [0.2, 0.25) is 0 Å². The van der Waals surface area contributed by atoms with Gasteiger partial charge < -0.3 is 4.90 Å². The number of benzene rings is 1. The first-order chi connectivity index (χ1) is 9.95. The summed E-state index contributed by atoms with van der Waals surface area (Å²) in [5, 5.41) is 2.16. The number of rotatable bonds is 5. The molecule has 0 bridgehead atoms. The minimum Gasteiger partial charge on any atom is -0.345 e. The maximum atomic E-state index is 12.0. The van der Waals surface area contributed by atoms with Gasteiger partial charge in [-0.25, -0.2) is 0 Å². The van der Waals surface area contributed by atoms with E-state index in [1.165, 1.54) is 5.56 Å². The molecule has 0 radical (unpaired) electrons. The van der Waals surface area contributed by atoms with Crippen molar-refractivity contribution in [2.75, 3.05) is 21.1 Å². The molecular weight excluding hydrogens is 348 g/mol. The first-order valence-corrected chi connectivity index (χ1v) is 8.35. The Morgan fingerprint density at radius 3 is 2.48 bits per heavy atom. The second-order valence-electron chi connectivity index (χ2n) is 5.33. The Bertz CT molecular complexity index is 624. The molecule has 1 amide bonds. The van der Waals surface area contributed by atoms with E-state index >= 15 is 0 Å². The van der Waals surface area contributed by atoms with Crippen molar-refractivity contribution in [1.29, 1.82) is 0 Å². The molecule has 0 aliphatic carbocycles. The van der Waals surface area contributed by atoms with Gasteiger partial charge in [0.1, 0.15) is 0 Å². The van der Waals surface area contributed by atoms with Gasteiger partial charge >= 0.3 is 0 Å². The molecule has 0 fully saturated rings. The Morgan fingerprint density at radius 1 is 1.14 bits per heavy atom. The zero-order valence-electron chi connectivity index (χ0n) is 12.5. The minimum absolute atomic E-state index is 0.0428. The van der Waals surface area contributed by atoms with Crippen LogP contribution in [-0.2, 0) is 13.1 Å². The maximum Gasteiger partial charge on any atom is 0.253 e. The normalized spacial score (nSPS) is 10.9. The fourth-order valence-electron chi connectivity index (χ4n) is 2.17. The Balaban J connectivity index is 2.02. The van der Waals surface area contributed by atoms with Crippen LogP contribution < -0.4 is 0 Å². The quantitative estimate of drug-likeness (QED) is 0.802. The zero-order valence-corrected chi connectivity index (χ0v) is 14.9. The first kappa shape index (κ1) is 16.2. The lowest BCUT2D eigenvalue weighted by molar-refractivity contribution is 0.0827. The average molecular weight is 367 g/mol. The van der Waals surface area contributed by atoms with Crippen molar-refractivity contribution in [3.8, 4) is 0 Å². The predicted octanol–water partition coefficient (Wildman–Crippen LogP) is 3.84. The highest BCUT2D eigenvalue weighted by Crippen LogP contribution is 2.22. The molecule has 0 saturated heterocycles. The third-order valence-electron chi connectivity index (χ3n) is 3.11. The van der Waals surface area contributed by atoms with Gasteiger partial charge in [0, 0.05) is 32.7 Å². The molecule has 2 aromatic rings. The van der Waals surface area contributed by atoms with E-state index in [1.54, 1.807) is 30.3 Å². The highest BCUT2D eigenvalue weighted by molar-refractivity contribution is 9.11. The van der Waals surface area contributed by atoms with Crippen molar-refractivity contribution in [1.82, 2.24) is 9.80 Å². The van der Waals surface area contributed by atoms with Crippen molar-refractivity contribution in [2.45, 2.75) is 13.1 Å². The van der Waals surface area contributed by atoms with Gasteiger partial charge in [0.25, 0.3) is 5.91 Å². The number of carbonyl (C=O) groups is 1. The average Bonchev–Trinajstić information content (AvgIpc) is 2.83. The van der Waals surface area contributed by atoms with E-state index in [0.29, 0.717) is 0 Å². The van der Waals surface area contributed by atoms with Gasteiger partial charge in [-0.3, -0.25) is 9.69 Å². The molecule has 3 nitrogen and oxygen atoms in total. The van der Waals surface area contributed by atoms with E-state index in [4.69, 9.17) is 0 Å². The van der Waals surface area contributed by atoms with Crippen molar-refractivity contribution in [2.24, 2.45) is 0 Å². The van der Waals surface area contributed by atoms with Crippen LogP contribution in [0.15, 0.2) is 39.5 Å². The summed E-state index contributed by atoms with van der Waals surface area (Å²) in [4.78, 5) is 15.8. The zero-order chi connectivity index (χ0) is 15.4. The van der Waals surface area contributed by atoms with E-state index < -0.39 is 0 Å². The number of hydrogen-bond donors (Lipinski definition) is 0. The topological polar surface area (TPSA) is 23.6 Å². The van der Waals surface area contributed by atoms with Crippen LogP contribution in [0.3, 0.4) is 0 Å². The van der Waals surface area contributed by atoms with Crippen LogP contribution in [0.1, 0.15) is 21.5 Å². The van der Waals surface area contributed by atoms with Crippen LogP contribution in [0, 0.1) is 0 Å². The van der Waals surface area contributed by atoms with Crippen LogP contribution >= 0.6 is 27.3 Å². The molecule has 0 aliphatic heterocycles. The largest absolute Gasteiger partial charge is 0.345 e. The number of hydrogen-bond acceptors (Lipinski definition) is 3. The smallest absolute Gasteiger partial charge is 0.253 e. The molecule has 5 heteroatoms. The number of halogens is 1. The van der Waals surface area contributed by atoms with Crippen LogP contribution in [-0.4, -0.2) is 36.9 Å². The van der Waals surface area contributed by atoms with Crippen LogP contribution in [0.5, 0.6) is 0 Å². The van der Waals surface area contributed by atoms with Gasteiger partial charge in [-0.1, -0.05) is 12.1 Å². The summed E-state index contributed by atoms with van der Waals surface area (Å²) in [7, 11) is 5.64. The van der Waals surface area contributed by atoms with E-state index in [0.717, 1.165) is 28.0 Å². The monoisotopic (exact) mass is 366 g/mol. The molecule has 0 saturated carbocycles. The first-order valence-electron chi connectivity index (χ1n) is 6.68. The molecule has 21 heavy (non-hydrogen) atoms. The Kier molecular flexibility index (Phi) is 5.56. The van der Waals surface area contributed by atoms with Gasteiger partial charge in [-0.2, -0.15) is 0 Å². The number of thiophene rings is 1. The second-order valence-corrected chi connectivity index (χ2v) is 7.62. The van der Waals surface area contributed by atoms with Crippen molar-refractivity contribution >= 4 is 33.2 Å². The fourth-order valence-corrected chi connectivity index (χ4v) is 3.37. The third-order valence-corrected chi connectivity index (χ3v) is 4.66. The van der Waals surface area contributed by atoms with E-state index in [9.17, 15) is 4.79 Å². The molecule has 1 aromatic carbocycles.